The van der Waals surface area contributed by atoms with Gasteiger partial charge < -0.3 is 15.2 Å². The zero-order valence-electron chi connectivity index (χ0n) is 11.8. The molecule has 1 rings (SSSR count). The summed E-state index contributed by atoms with van der Waals surface area (Å²) < 4.78 is 10.8. The highest BCUT2D eigenvalue weighted by atomic mass is 16.5. The van der Waals surface area contributed by atoms with Crippen LogP contribution in [0.15, 0.2) is 42.7 Å². The maximum absolute atomic E-state index is 5.55. The van der Waals surface area contributed by atoms with Crippen molar-refractivity contribution in [3.05, 3.63) is 48.2 Å². The van der Waals surface area contributed by atoms with Crippen molar-refractivity contribution in [2.24, 2.45) is 5.73 Å². The first-order chi connectivity index (χ1) is 9.21. The highest BCUT2D eigenvalue weighted by molar-refractivity contribution is 5.72. The van der Waals surface area contributed by atoms with Crippen LogP contribution in [0.4, 0.5) is 0 Å². The first-order valence-corrected chi connectivity index (χ1v) is 6.58. The Hall–Kier alpha value is -1.74. The topological polar surface area (TPSA) is 44.5 Å². The summed E-state index contributed by atoms with van der Waals surface area (Å²) in [5, 5.41) is 0. The summed E-state index contributed by atoms with van der Waals surface area (Å²) in [5.74, 6) is 1.78. The molecule has 0 aliphatic heterocycles. The van der Waals surface area contributed by atoms with Crippen LogP contribution in [0.2, 0.25) is 0 Å². The summed E-state index contributed by atoms with van der Waals surface area (Å²) in [7, 11) is 1.68. The van der Waals surface area contributed by atoms with E-state index in [1.165, 1.54) is 0 Å². The molecular formula is C16H23NO2. The Bertz CT molecular complexity index is 415. The minimum Gasteiger partial charge on any atom is -0.501 e. The summed E-state index contributed by atoms with van der Waals surface area (Å²) in [5.41, 5.74) is 7.42. The fraction of sp³-hybridized carbons (Fsp3) is 0.375. The van der Waals surface area contributed by atoms with Crippen LogP contribution in [-0.2, 0) is 4.74 Å². The maximum Gasteiger partial charge on any atom is 0.119 e. The van der Waals surface area contributed by atoms with Gasteiger partial charge in [-0.25, -0.2) is 0 Å². The van der Waals surface area contributed by atoms with Crippen LogP contribution in [0.3, 0.4) is 0 Å². The van der Waals surface area contributed by atoms with Gasteiger partial charge >= 0.3 is 0 Å². The molecule has 1 aromatic rings. The van der Waals surface area contributed by atoms with Crippen LogP contribution >= 0.6 is 0 Å². The Kier molecular flexibility index (Phi) is 6.75. The Morgan fingerprint density at radius 3 is 2.53 bits per heavy atom. The first kappa shape index (κ1) is 15.3. The standard InChI is InChI=1S/C16H23NO2/c1-4-15(18-3)12-13(2)14-6-8-16(9-7-14)19-11-5-10-17/h6-9,12H,2,4-5,10-11,17H2,1,3H3/b15-12-. The molecule has 0 aliphatic carbocycles. The number of hydrogen-bond acceptors (Lipinski definition) is 3. The average Bonchev–Trinajstić information content (AvgIpc) is 2.45. The molecule has 19 heavy (non-hydrogen) atoms. The SMILES string of the molecule is C=C(/C=C(/CC)OC)c1ccc(OCCCN)cc1. The molecule has 0 aromatic heterocycles. The van der Waals surface area contributed by atoms with Crippen molar-refractivity contribution in [1.82, 2.24) is 0 Å². The summed E-state index contributed by atoms with van der Waals surface area (Å²) in [6, 6.07) is 7.89. The summed E-state index contributed by atoms with van der Waals surface area (Å²) in [6.07, 6.45) is 3.69. The third-order valence-corrected chi connectivity index (χ3v) is 2.79. The molecule has 0 fully saturated rings. The molecular weight excluding hydrogens is 238 g/mol. The molecule has 0 amide bonds. The quantitative estimate of drug-likeness (QED) is 0.443. The van der Waals surface area contributed by atoms with E-state index in [-0.39, 0.29) is 0 Å². The van der Waals surface area contributed by atoms with Crippen LogP contribution < -0.4 is 10.5 Å². The fourth-order valence-corrected chi connectivity index (χ4v) is 1.62. The van der Waals surface area contributed by atoms with Gasteiger partial charge in [-0.2, -0.15) is 0 Å². The van der Waals surface area contributed by atoms with Gasteiger partial charge in [0.2, 0.25) is 0 Å². The van der Waals surface area contributed by atoms with Crippen molar-refractivity contribution in [1.29, 1.82) is 0 Å². The van der Waals surface area contributed by atoms with Crippen LogP contribution in [0, 0.1) is 0 Å². The van der Waals surface area contributed by atoms with Gasteiger partial charge in [-0.15, -0.1) is 0 Å². The number of allylic oxidation sites excluding steroid dienone is 3. The van der Waals surface area contributed by atoms with Crippen molar-refractivity contribution in [3.8, 4) is 5.75 Å². The predicted molar refractivity (Wildman–Crippen MR) is 80.0 cm³/mol. The second-order valence-corrected chi connectivity index (χ2v) is 4.21. The molecule has 0 bridgehead atoms. The van der Waals surface area contributed by atoms with Crippen LogP contribution in [0.25, 0.3) is 5.57 Å². The van der Waals surface area contributed by atoms with Crippen molar-refractivity contribution < 1.29 is 9.47 Å². The van der Waals surface area contributed by atoms with Gasteiger partial charge in [0, 0.05) is 6.42 Å². The van der Waals surface area contributed by atoms with Gasteiger partial charge in [0.15, 0.2) is 0 Å². The molecule has 0 aliphatic rings. The third kappa shape index (κ3) is 5.18. The van der Waals surface area contributed by atoms with Gasteiger partial charge in [-0.1, -0.05) is 25.6 Å². The van der Waals surface area contributed by atoms with E-state index in [0.29, 0.717) is 13.2 Å². The molecule has 0 spiro atoms. The Labute approximate surface area is 115 Å². The Morgan fingerprint density at radius 2 is 2.00 bits per heavy atom. The van der Waals surface area contributed by atoms with Gasteiger partial charge in [0.05, 0.1) is 19.5 Å². The molecule has 0 saturated carbocycles. The molecule has 0 atom stereocenters. The molecule has 2 N–H and O–H groups in total. The van der Waals surface area contributed by atoms with E-state index in [1.54, 1.807) is 7.11 Å². The van der Waals surface area contributed by atoms with E-state index in [1.807, 2.05) is 30.3 Å². The zero-order valence-corrected chi connectivity index (χ0v) is 11.8. The van der Waals surface area contributed by atoms with E-state index in [2.05, 4.69) is 13.5 Å². The van der Waals surface area contributed by atoms with E-state index in [4.69, 9.17) is 15.2 Å². The number of nitrogens with two attached hydrogens (primary N) is 1. The fourth-order valence-electron chi connectivity index (χ4n) is 1.62. The molecule has 0 unspecified atom stereocenters. The number of hydrogen-bond donors (Lipinski definition) is 1. The zero-order chi connectivity index (χ0) is 14.1. The number of benzene rings is 1. The van der Waals surface area contributed by atoms with Crippen molar-refractivity contribution in [3.63, 3.8) is 0 Å². The third-order valence-electron chi connectivity index (χ3n) is 2.79. The average molecular weight is 261 g/mol. The maximum atomic E-state index is 5.55. The molecule has 3 heteroatoms. The lowest BCUT2D eigenvalue weighted by atomic mass is 10.1. The molecule has 104 valence electrons. The summed E-state index contributed by atoms with van der Waals surface area (Å²) in [6.45, 7) is 7.41. The Morgan fingerprint density at radius 1 is 1.32 bits per heavy atom. The minimum atomic E-state index is 0.649. The van der Waals surface area contributed by atoms with Crippen LogP contribution in [-0.4, -0.2) is 20.3 Å². The first-order valence-electron chi connectivity index (χ1n) is 6.58. The van der Waals surface area contributed by atoms with E-state index in [9.17, 15) is 0 Å². The van der Waals surface area contributed by atoms with E-state index < -0.39 is 0 Å². The predicted octanol–water partition coefficient (Wildman–Crippen LogP) is 3.37. The lowest BCUT2D eigenvalue weighted by molar-refractivity contribution is 0.281. The number of methoxy groups -OCH3 is 1. The summed E-state index contributed by atoms with van der Waals surface area (Å²) >= 11 is 0. The number of rotatable bonds is 8. The van der Waals surface area contributed by atoms with Gasteiger partial charge in [-0.3, -0.25) is 0 Å². The summed E-state index contributed by atoms with van der Waals surface area (Å²) in [4.78, 5) is 0. The smallest absolute Gasteiger partial charge is 0.119 e. The van der Waals surface area contributed by atoms with E-state index in [0.717, 1.165) is 35.5 Å². The molecule has 0 saturated heterocycles. The minimum absolute atomic E-state index is 0.649. The molecule has 1 aromatic carbocycles. The van der Waals surface area contributed by atoms with Gasteiger partial charge in [0.25, 0.3) is 0 Å². The molecule has 3 nitrogen and oxygen atoms in total. The molecule has 0 heterocycles. The van der Waals surface area contributed by atoms with Crippen LogP contribution in [0.1, 0.15) is 25.3 Å². The van der Waals surface area contributed by atoms with Gasteiger partial charge in [-0.05, 0) is 42.3 Å². The number of ether oxygens (including phenoxy) is 2. The van der Waals surface area contributed by atoms with Crippen molar-refractivity contribution in [2.75, 3.05) is 20.3 Å². The van der Waals surface area contributed by atoms with E-state index >= 15 is 0 Å². The largest absolute Gasteiger partial charge is 0.501 e. The second kappa shape index (κ2) is 8.38. The highest BCUT2D eigenvalue weighted by Crippen LogP contribution is 2.20. The van der Waals surface area contributed by atoms with Gasteiger partial charge in [0.1, 0.15) is 5.75 Å². The lowest BCUT2D eigenvalue weighted by Gasteiger charge is -2.08. The molecule has 0 radical (unpaired) electrons. The monoisotopic (exact) mass is 261 g/mol. The van der Waals surface area contributed by atoms with Crippen LogP contribution in [0.5, 0.6) is 5.75 Å². The Balaban J connectivity index is 2.65. The lowest BCUT2D eigenvalue weighted by Crippen LogP contribution is -2.05. The highest BCUT2D eigenvalue weighted by Gasteiger charge is 2.00. The van der Waals surface area contributed by atoms with Crippen molar-refractivity contribution in [2.45, 2.75) is 19.8 Å². The second-order valence-electron chi connectivity index (χ2n) is 4.21. The normalized spacial score (nSPS) is 11.2. The van der Waals surface area contributed by atoms with Crippen molar-refractivity contribution >= 4 is 5.57 Å².